The first kappa shape index (κ1) is 35.5. The van der Waals surface area contributed by atoms with Gasteiger partial charge in [0.15, 0.2) is 0 Å². The van der Waals surface area contributed by atoms with Crippen LogP contribution in [-0.4, -0.2) is 12.6 Å². The first-order valence-electron chi connectivity index (χ1n) is 16.9. The minimum atomic E-state index is 0.0496. The Balaban J connectivity index is 3.79. The van der Waals surface area contributed by atoms with Gasteiger partial charge in [-0.1, -0.05) is 175 Å². The van der Waals surface area contributed by atoms with Crippen molar-refractivity contribution in [2.75, 3.05) is 6.61 Å². The summed E-state index contributed by atoms with van der Waals surface area (Å²) in [6.45, 7) is 7.51. The Kier molecular flexibility index (Phi) is 30.2. The molecule has 0 aromatic heterocycles. The molecule has 0 aliphatic rings. The predicted molar refractivity (Wildman–Crippen MR) is 161 cm³/mol. The number of ether oxygens (including phenoxy) is 1. The molecule has 0 aliphatic heterocycles. The lowest BCUT2D eigenvalue weighted by molar-refractivity contribution is -0.145. The minimum absolute atomic E-state index is 0.0496. The molecule has 0 fully saturated rings. The van der Waals surface area contributed by atoms with Crippen molar-refractivity contribution >= 4 is 5.97 Å². The monoisotopic (exact) mass is 509 g/mol. The van der Waals surface area contributed by atoms with Crippen LogP contribution in [0.1, 0.15) is 201 Å². The number of hydrogen-bond donors (Lipinski definition) is 0. The van der Waals surface area contributed by atoms with Gasteiger partial charge in [-0.3, -0.25) is 4.79 Å². The number of rotatable bonds is 30. The zero-order chi connectivity index (χ0) is 26.4. The van der Waals surface area contributed by atoms with E-state index in [1.54, 1.807) is 0 Å². The summed E-state index contributed by atoms with van der Waals surface area (Å²) in [6, 6.07) is 0. The molecule has 1 unspecified atom stereocenters. The van der Waals surface area contributed by atoms with Gasteiger partial charge in [0.25, 0.3) is 0 Å². The van der Waals surface area contributed by atoms with Crippen LogP contribution in [-0.2, 0) is 9.53 Å². The lowest BCUT2D eigenvalue weighted by atomic mass is 9.95. The Morgan fingerprint density at radius 2 is 0.750 bits per heavy atom. The van der Waals surface area contributed by atoms with E-state index in [2.05, 4.69) is 20.8 Å². The fourth-order valence-electron chi connectivity index (χ4n) is 5.31. The maximum Gasteiger partial charge on any atom is 0.305 e. The van der Waals surface area contributed by atoms with Crippen LogP contribution in [0, 0.1) is 5.92 Å². The van der Waals surface area contributed by atoms with Crippen molar-refractivity contribution in [2.24, 2.45) is 5.92 Å². The highest BCUT2D eigenvalue weighted by atomic mass is 16.5. The number of hydrogen-bond acceptors (Lipinski definition) is 2. The molecule has 0 bridgehead atoms. The van der Waals surface area contributed by atoms with E-state index in [4.69, 9.17) is 4.74 Å². The Morgan fingerprint density at radius 3 is 1.11 bits per heavy atom. The van der Waals surface area contributed by atoms with Gasteiger partial charge in [-0.25, -0.2) is 0 Å². The van der Waals surface area contributed by atoms with E-state index in [9.17, 15) is 4.79 Å². The third-order valence-corrected chi connectivity index (χ3v) is 7.90. The largest absolute Gasteiger partial charge is 0.465 e. The molecule has 1 atom stereocenters. The molecule has 0 heterocycles. The van der Waals surface area contributed by atoms with Gasteiger partial charge in [0, 0.05) is 6.42 Å². The van der Waals surface area contributed by atoms with Crippen LogP contribution in [0.15, 0.2) is 0 Å². The van der Waals surface area contributed by atoms with Crippen molar-refractivity contribution < 1.29 is 9.53 Å². The topological polar surface area (TPSA) is 26.3 Å². The molecule has 0 aromatic rings. The molecular formula is C34H68O2. The van der Waals surface area contributed by atoms with Gasteiger partial charge in [-0.2, -0.15) is 0 Å². The van der Waals surface area contributed by atoms with Crippen LogP contribution in [0.4, 0.5) is 0 Å². The van der Waals surface area contributed by atoms with Crippen molar-refractivity contribution in [1.82, 2.24) is 0 Å². The second-order valence-electron chi connectivity index (χ2n) is 11.7. The van der Waals surface area contributed by atoms with Crippen LogP contribution in [0.2, 0.25) is 0 Å². The summed E-state index contributed by atoms with van der Waals surface area (Å²) in [6.07, 6.45) is 36.8. The van der Waals surface area contributed by atoms with Crippen LogP contribution in [0.25, 0.3) is 0 Å². The number of carbonyl (C=O) groups is 1. The van der Waals surface area contributed by atoms with Gasteiger partial charge in [-0.05, 0) is 25.2 Å². The molecule has 0 spiro atoms. The van der Waals surface area contributed by atoms with Gasteiger partial charge >= 0.3 is 5.97 Å². The van der Waals surface area contributed by atoms with Gasteiger partial charge in [0.2, 0.25) is 0 Å². The van der Waals surface area contributed by atoms with E-state index in [1.165, 1.54) is 167 Å². The van der Waals surface area contributed by atoms with Gasteiger partial charge < -0.3 is 4.74 Å². The van der Waals surface area contributed by atoms with Crippen LogP contribution in [0.5, 0.6) is 0 Å². The highest BCUT2D eigenvalue weighted by Gasteiger charge is 2.12. The maximum absolute atomic E-state index is 12.3. The van der Waals surface area contributed by atoms with E-state index < -0.39 is 0 Å². The molecule has 0 radical (unpaired) electrons. The average molecular weight is 509 g/mol. The number of carbonyl (C=O) groups excluding carboxylic acids is 1. The van der Waals surface area contributed by atoms with Gasteiger partial charge in [0.05, 0.1) is 6.61 Å². The SMILES string of the molecule is CCCCCCCCCCCCCCCC(=O)OCC(CCCCCCC)CCCCCCCCC. The first-order valence-corrected chi connectivity index (χ1v) is 16.9. The summed E-state index contributed by atoms with van der Waals surface area (Å²) < 4.78 is 5.76. The average Bonchev–Trinajstić information content (AvgIpc) is 2.88. The van der Waals surface area contributed by atoms with Crippen molar-refractivity contribution in [3.05, 3.63) is 0 Å². The quantitative estimate of drug-likeness (QED) is 0.0712. The molecule has 0 amide bonds. The molecule has 216 valence electrons. The lowest BCUT2D eigenvalue weighted by Crippen LogP contribution is -2.14. The van der Waals surface area contributed by atoms with Crippen LogP contribution in [0.3, 0.4) is 0 Å². The summed E-state index contributed by atoms with van der Waals surface area (Å²) in [7, 11) is 0. The molecule has 36 heavy (non-hydrogen) atoms. The standard InChI is InChI=1S/C34H68O2/c1-4-7-10-13-15-16-17-18-19-20-22-25-28-31-34(35)36-32-33(29-26-23-12-9-6-3)30-27-24-21-14-11-8-5-2/h33H,4-32H2,1-3H3. The molecule has 0 saturated heterocycles. The summed E-state index contributed by atoms with van der Waals surface area (Å²) in [5.41, 5.74) is 0. The highest BCUT2D eigenvalue weighted by molar-refractivity contribution is 5.69. The molecule has 0 rings (SSSR count). The predicted octanol–water partition coefficient (Wildman–Crippen LogP) is 12.1. The molecule has 0 saturated carbocycles. The van der Waals surface area contributed by atoms with Gasteiger partial charge in [-0.15, -0.1) is 0 Å². The van der Waals surface area contributed by atoms with Crippen LogP contribution >= 0.6 is 0 Å². The fourth-order valence-corrected chi connectivity index (χ4v) is 5.31. The number of unbranched alkanes of at least 4 members (excludes halogenated alkanes) is 22. The normalized spacial score (nSPS) is 12.2. The summed E-state index contributed by atoms with van der Waals surface area (Å²) in [4.78, 5) is 12.3. The molecule has 2 nitrogen and oxygen atoms in total. The Morgan fingerprint density at radius 1 is 0.444 bits per heavy atom. The minimum Gasteiger partial charge on any atom is -0.465 e. The van der Waals surface area contributed by atoms with E-state index in [1.807, 2.05) is 0 Å². The zero-order valence-corrected chi connectivity index (χ0v) is 25.4. The second kappa shape index (κ2) is 30.7. The highest BCUT2D eigenvalue weighted by Crippen LogP contribution is 2.20. The maximum atomic E-state index is 12.3. The van der Waals surface area contributed by atoms with Crippen molar-refractivity contribution in [3.63, 3.8) is 0 Å². The fraction of sp³-hybridized carbons (Fsp3) is 0.971. The van der Waals surface area contributed by atoms with E-state index >= 15 is 0 Å². The Bertz CT molecular complexity index is 419. The van der Waals surface area contributed by atoms with Crippen molar-refractivity contribution in [3.8, 4) is 0 Å². The zero-order valence-electron chi connectivity index (χ0n) is 25.4. The lowest BCUT2D eigenvalue weighted by Gasteiger charge is -2.17. The molecule has 0 aliphatic carbocycles. The molecule has 0 aromatic carbocycles. The van der Waals surface area contributed by atoms with Crippen molar-refractivity contribution in [2.45, 2.75) is 201 Å². The third kappa shape index (κ3) is 28.0. The van der Waals surface area contributed by atoms with E-state index in [0.29, 0.717) is 18.9 Å². The number of esters is 1. The van der Waals surface area contributed by atoms with E-state index in [-0.39, 0.29) is 5.97 Å². The molecular weight excluding hydrogens is 440 g/mol. The summed E-state index contributed by atoms with van der Waals surface area (Å²) in [5, 5.41) is 0. The Hall–Kier alpha value is -0.530. The summed E-state index contributed by atoms with van der Waals surface area (Å²) in [5.74, 6) is 0.631. The third-order valence-electron chi connectivity index (χ3n) is 7.90. The second-order valence-corrected chi connectivity index (χ2v) is 11.7. The Labute approximate surface area is 228 Å². The smallest absolute Gasteiger partial charge is 0.305 e. The van der Waals surface area contributed by atoms with Gasteiger partial charge in [0.1, 0.15) is 0 Å². The van der Waals surface area contributed by atoms with E-state index in [0.717, 1.165) is 6.42 Å². The molecule has 2 heteroatoms. The van der Waals surface area contributed by atoms with Crippen LogP contribution < -0.4 is 0 Å². The first-order chi connectivity index (χ1) is 17.7. The molecule has 0 N–H and O–H groups in total. The van der Waals surface area contributed by atoms with Crippen molar-refractivity contribution in [1.29, 1.82) is 0 Å². The summed E-state index contributed by atoms with van der Waals surface area (Å²) >= 11 is 0.